The number of hydrogen-bond acceptors (Lipinski definition) is 3. The molecule has 1 saturated heterocycles. The number of benzene rings is 5. The molecule has 36 heavy (non-hydrogen) atoms. The lowest BCUT2D eigenvalue weighted by Gasteiger charge is -2.32. The van der Waals surface area contributed by atoms with E-state index >= 15 is 0 Å². The van der Waals surface area contributed by atoms with E-state index in [0.29, 0.717) is 0 Å². The van der Waals surface area contributed by atoms with Gasteiger partial charge in [-0.15, -0.1) is 0 Å². The molecule has 0 unspecified atom stereocenters. The van der Waals surface area contributed by atoms with Crippen molar-refractivity contribution in [2.24, 2.45) is 0 Å². The van der Waals surface area contributed by atoms with E-state index in [1.54, 1.807) is 0 Å². The summed E-state index contributed by atoms with van der Waals surface area (Å²) in [6.45, 7) is 8.35. The van der Waals surface area contributed by atoms with Gasteiger partial charge in [0.15, 0.2) is 0 Å². The highest BCUT2D eigenvalue weighted by atomic mass is 16.7. The van der Waals surface area contributed by atoms with Crippen LogP contribution in [0.2, 0.25) is 0 Å². The molecule has 1 fully saturated rings. The van der Waals surface area contributed by atoms with E-state index in [4.69, 9.17) is 13.7 Å². The zero-order valence-electron chi connectivity index (χ0n) is 21.0. The maximum absolute atomic E-state index is 6.45. The minimum atomic E-state index is -0.368. The summed E-state index contributed by atoms with van der Waals surface area (Å²) < 4.78 is 19.0. The van der Waals surface area contributed by atoms with Crippen LogP contribution in [0, 0.1) is 0 Å². The van der Waals surface area contributed by atoms with Crippen molar-refractivity contribution in [1.82, 2.24) is 0 Å². The number of hydrogen-bond donors (Lipinski definition) is 0. The first-order valence-electron chi connectivity index (χ1n) is 12.5. The maximum Gasteiger partial charge on any atom is 0.494 e. The van der Waals surface area contributed by atoms with Crippen LogP contribution in [0.4, 0.5) is 0 Å². The van der Waals surface area contributed by atoms with Crippen LogP contribution in [0.1, 0.15) is 27.7 Å². The molecule has 0 aliphatic carbocycles. The number of fused-ring (bicyclic) bond motifs is 5. The monoisotopic (exact) mass is 470 g/mol. The van der Waals surface area contributed by atoms with Crippen molar-refractivity contribution >= 4 is 56.1 Å². The fraction of sp³-hybridized carbons (Fsp3) is 0.188. The van der Waals surface area contributed by atoms with E-state index in [9.17, 15) is 0 Å². The summed E-state index contributed by atoms with van der Waals surface area (Å²) in [5.74, 6) is 0. The van der Waals surface area contributed by atoms with Crippen LogP contribution in [0.3, 0.4) is 0 Å². The molecule has 6 aromatic rings. The minimum absolute atomic E-state index is 0.358. The lowest BCUT2D eigenvalue weighted by Crippen LogP contribution is -2.41. The third-order valence-electron chi connectivity index (χ3n) is 8.07. The molecule has 0 saturated carbocycles. The van der Waals surface area contributed by atoms with Crippen molar-refractivity contribution in [2.75, 3.05) is 0 Å². The van der Waals surface area contributed by atoms with Crippen molar-refractivity contribution in [3.8, 4) is 11.1 Å². The standard InChI is InChI=1S/C32H27BO3/c1-31(2)32(3,4)36-33(35-31)24-16-15-20-17-23(14-13-21(20)18-24)29-25-10-6-5-9-22(25)19-27-26-11-7-8-12-28(26)34-30(27)29/h5-19H,1-4H3. The quantitative estimate of drug-likeness (QED) is 0.242. The second-order valence-corrected chi connectivity index (χ2v) is 10.9. The molecular formula is C32H27BO3. The molecule has 5 aromatic carbocycles. The first-order valence-corrected chi connectivity index (χ1v) is 12.5. The van der Waals surface area contributed by atoms with E-state index in [-0.39, 0.29) is 18.3 Å². The highest BCUT2D eigenvalue weighted by molar-refractivity contribution is 6.62. The Morgan fingerprint density at radius 1 is 0.583 bits per heavy atom. The molecule has 0 bridgehead atoms. The second kappa shape index (κ2) is 7.46. The van der Waals surface area contributed by atoms with Crippen LogP contribution >= 0.6 is 0 Å². The predicted molar refractivity (Wildman–Crippen MR) is 150 cm³/mol. The Labute approximate surface area is 210 Å². The third-order valence-corrected chi connectivity index (χ3v) is 8.07. The molecule has 0 amide bonds. The van der Waals surface area contributed by atoms with Gasteiger partial charge in [-0.3, -0.25) is 0 Å². The lowest BCUT2D eigenvalue weighted by atomic mass is 9.78. The molecule has 0 N–H and O–H groups in total. The fourth-order valence-electron chi connectivity index (χ4n) is 5.35. The van der Waals surface area contributed by atoms with Gasteiger partial charge in [0, 0.05) is 16.3 Å². The van der Waals surface area contributed by atoms with E-state index in [0.717, 1.165) is 43.9 Å². The van der Waals surface area contributed by atoms with Crippen LogP contribution in [-0.4, -0.2) is 18.3 Å². The van der Waals surface area contributed by atoms with Gasteiger partial charge in [0.05, 0.1) is 11.2 Å². The van der Waals surface area contributed by atoms with Gasteiger partial charge in [-0.05, 0) is 78.5 Å². The van der Waals surface area contributed by atoms with Gasteiger partial charge in [-0.2, -0.15) is 0 Å². The highest BCUT2D eigenvalue weighted by Crippen LogP contribution is 2.42. The Hall–Kier alpha value is -3.60. The topological polar surface area (TPSA) is 31.6 Å². The Bertz CT molecular complexity index is 1800. The zero-order valence-corrected chi connectivity index (χ0v) is 21.0. The first-order chi connectivity index (χ1) is 17.3. The SMILES string of the molecule is CC1(C)OB(c2ccc3cc(-c4c5ccccc5cc5c4oc4ccccc45)ccc3c2)OC1(C)C. The Balaban J connectivity index is 1.40. The van der Waals surface area contributed by atoms with Crippen molar-refractivity contribution in [3.63, 3.8) is 0 Å². The number of furan rings is 1. The van der Waals surface area contributed by atoms with E-state index in [1.165, 1.54) is 16.2 Å². The molecule has 176 valence electrons. The van der Waals surface area contributed by atoms with Crippen LogP contribution < -0.4 is 5.46 Å². The van der Waals surface area contributed by atoms with Crippen molar-refractivity contribution < 1.29 is 13.7 Å². The number of rotatable bonds is 2. The lowest BCUT2D eigenvalue weighted by molar-refractivity contribution is 0.00578. The summed E-state index contributed by atoms with van der Waals surface area (Å²) in [5, 5.41) is 7.03. The third kappa shape index (κ3) is 3.15. The summed E-state index contributed by atoms with van der Waals surface area (Å²) in [5.41, 5.74) is 4.45. The Morgan fingerprint density at radius 3 is 2.06 bits per heavy atom. The van der Waals surface area contributed by atoms with Crippen LogP contribution in [0.5, 0.6) is 0 Å². The first kappa shape index (κ1) is 21.7. The van der Waals surface area contributed by atoms with Crippen LogP contribution in [0.25, 0.3) is 54.6 Å². The number of para-hydroxylation sites is 1. The summed E-state index contributed by atoms with van der Waals surface area (Å²) in [6.07, 6.45) is 0. The molecular weight excluding hydrogens is 443 g/mol. The fourth-order valence-corrected chi connectivity index (χ4v) is 5.35. The smallest absolute Gasteiger partial charge is 0.455 e. The molecule has 3 nitrogen and oxygen atoms in total. The van der Waals surface area contributed by atoms with Crippen LogP contribution in [0.15, 0.2) is 95.4 Å². The Kier molecular flexibility index (Phi) is 4.49. The highest BCUT2D eigenvalue weighted by Gasteiger charge is 2.51. The van der Waals surface area contributed by atoms with Crippen molar-refractivity contribution in [2.45, 2.75) is 38.9 Å². The Morgan fingerprint density at radius 2 is 1.25 bits per heavy atom. The molecule has 0 atom stereocenters. The molecule has 1 aromatic heterocycles. The minimum Gasteiger partial charge on any atom is -0.455 e. The van der Waals surface area contributed by atoms with E-state index in [2.05, 4.69) is 107 Å². The summed E-state index contributed by atoms with van der Waals surface area (Å²) >= 11 is 0. The van der Waals surface area contributed by atoms with Crippen LogP contribution in [-0.2, 0) is 9.31 Å². The van der Waals surface area contributed by atoms with Crippen molar-refractivity contribution in [1.29, 1.82) is 0 Å². The zero-order chi connectivity index (χ0) is 24.7. The normalized spacial score (nSPS) is 17.1. The van der Waals surface area contributed by atoms with E-state index in [1.807, 2.05) is 12.1 Å². The van der Waals surface area contributed by atoms with Gasteiger partial charge >= 0.3 is 7.12 Å². The van der Waals surface area contributed by atoms with Crippen molar-refractivity contribution in [3.05, 3.63) is 91.0 Å². The van der Waals surface area contributed by atoms with Gasteiger partial charge in [-0.1, -0.05) is 72.8 Å². The van der Waals surface area contributed by atoms with Gasteiger partial charge in [0.2, 0.25) is 0 Å². The molecule has 0 radical (unpaired) electrons. The summed E-state index contributed by atoms with van der Waals surface area (Å²) in [7, 11) is -0.368. The molecule has 7 rings (SSSR count). The molecule has 4 heteroatoms. The van der Waals surface area contributed by atoms with Gasteiger partial charge in [0.1, 0.15) is 11.2 Å². The molecule has 1 aliphatic rings. The average Bonchev–Trinajstić information content (AvgIpc) is 3.34. The molecule has 2 heterocycles. The van der Waals surface area contributed by atoms with Gasteiger partial charge in [-0.25, -0.2) is 0 Å². The maximum atomic E-state index is 6.45. The summed E-state index contributed by atoms with van der Waals surface area (Å²) in [4.78, 5) is 0. The largest absolute Gasteiger partial charge is 0.494 e. The average molecular weight is 470 g/mol. The molecule has 0 spiro atoms. The second-order valence-electron chi connectivity index (χ2n) is 10.9. The van der Waals surface area contributed by atoms with Gasteiger partial charge in [0.25, 0.3) is 0 Å². The van der Waals surface area contributed by atoms with E-state index < -0.39 is 0 Å². The van der Waals surface area contributed by atoms with Gasteiger partial charge < -0.3 is 13.7 Å². The predicted octanol–water partition coefficient (Wildman–Crippen LogP) is 7.86. The molecule has 1 aliphatic heterocycles. The summed E-state index contributed by atoms with van der Waals surface area (Å²) in [6, 6.07) is 32.2.